The average molecular weight is 214 g/mol. The van der Waals surface area contributed by atoms with Crippen molar-refractivity contribution in [2.75, 3.05) is 0 Å². The average Bonchev–Trinajstić information content (AvgIpc) is 2.72. The minimum Gasteiger partial charge on any atom is -0.451 e. The van der Waals surface area contributed by atoms with Gasteiger partial charge in [-0.3, -0.25) is 4.79 Å². The second-order valence-electron chi connectivity index (χ2n) is 3.47. The van der Waals surface area contributed by atoms with E-state index < -0.39 is 6.04 Å². The van der Waals surface area contributed by atoms with Gasteiger partial charge in [-0.25, -0.2) is 0 Å². The summed E-state index contributed by atoms with van der Waals surface area (Å²) in [7, 11) is 0. The van der Waals surface area contributed by atoms with Crippen molar-refractivity contribution >= 4 is 16.9 Å². The summed E-state index contributed by atoms with van der Waals surface area (Å²) >= 11 is 0. The number of carbonyl (C=O) groups excluding carboxylic acids is 1. The molecule has 0 aliphatic carbocycles. The lowest BCUT2D eigenvalue weighted by atomic mass is 10.2. The summed E-state index contributed by atoms with van der Waals surface area (Å²) in [5.74, 6) is -0.145. The molecular weight excluding hydrogens is 204 g/mol. The standard InChI is InChI=1S/C12H10N2O2/c1-8(7-13)14-12(15)11-6-9-4-2-3-5-10(9)16-11/h2-6,8H,1H3,(H,14,15). The molecule has 16 heavy (non-hydrogen) atoms. The van der Waals surface area contributed by atoms with E-state index in [1.807, 2.05) is 24.3 Å². The molecule has 2 rings (SSSR count). The third-order valence-corrected chi connectivity index (χ3v) is 2.19. The molecule has 0 bridgehead atoms. The number of benzene rings is 1. The third-order valence-electron chi connectivity index (χ3n) is 2.19. The van der Waals surface area contributed by atoms with Crippen LogP contribution in [0.3, 0.4) is 0 Å². The molecule has 1 amide bonds. The number of nitriles is 1. The first kappa shape index (κ1) is 10.2. The van der Waals surface area contributed by atoms with Crippen LogP contribution in [0.1, 0.15) is 17.5 Å². The van der Waals surface area contributed by atoms with Crippen molar-refractivity contribution in [3.05, 3.63) is 36.1 Å². The van der Waals surface area contributed by atoms with Crippen molar-refractivity contribution < 1.29 is 9.21 Å². The number of para-hydroxylation sites is 1. The van der Waals surface area contributed by atoms with Gasteiger partial charge in [0.05, 0.1) is 6.07 Å². The first-order valence-corrected chi connectivity index (χ1v) is 4.90. The van der Waals surface area contributed by atoms with E-state index in [9.17, 15) is 4.79 Å². The lowest BCUT2D eigenvalue weighted by Gasteiger charge is -2.02. The minimum absolute atomic E-state index is 0.225. The largest absolute Gasteiger partial charge is 0.451 e. The third kappa shape index (κ3) is 1.89. The van der Waals surface area contributed by atoms with Crippen molar-refractivity contribution in [1.29, 1.82) is 5.26 Å². The molecule has 0 aliphatic rings. The van der Waals surface area contributed by atoms with Gasteiger partial charge in [0.1, 0.15) is 11.6 Å². The van der Waals surface area contributed by atoms with Gasteiger partial charge in [-0.2, -0.15) is 5.26 Å². The minimum atomic E-state index is -0.527. The Kier molecular flexibility index (Phi) is 2.61. The number of hydrogen-bond acceptors (Lipinski definition) is 3. The monoisotopic (exact) mass is 214 g/mol. The summed E-state index contributed by atoms with van der Waals surface area (Å²) in [5, 5.41) is 12.0. The number of carbonyl (C=O) groups is 1. The number of hydrogen-bond donors (Lipinski definition) is 1. The van der Waals surface area contributed by atoms with E-state index in [4.69, 9.17) is 9.68 Å². The van der Waals surface area contributed by atoms with E-state index in [2.05, 4.69) is 5.32 Å². The molecule has 0 radical (unpaired) electrons. The van der Waals surface area contributed by atoms with Gasteiger partial charge in [-0.05, 0) is 19.1 Å². The summed E-state index contributed by atoms with van der Waals surface area (Å²) in [4.78, 5) is 11.6. The highest BCUT2D eigenvalue weighted by Crippen LogP contribution is 2.18. The second kappa shape index (κ2) is 4.07. The molecule has 0 saturated carbocycles. The van der Waals surface area contributed by atoms with Crippen LogP contribution in [0, 0.1) is 11.3 Å². The van der Waals surface area contributed by atoms with Crippen molar-refractivity contribution in [3.63, 3.8) is 0 Å². The predicted octanol–water partition coefficient (Wildman–Crippen LogP) is 2.07. The molecule has 0 fully saturated rings. The van der Waals surface area contributed by atoms with Gasteiger partial charge in [0.2, 0.25) is 0 Å². The number of furan rings is 1. The smallest absolute Gasteiger partial charge is 0.288 e. The maximum atomic E-state index is 11.6. The van der Waals surface area contributed by atoms with Crippen LogP contribution in [0.2, 0.25) is 0 Å². The summed E-state index contributed by atoms with van der Waals surface area (Å²) in [6.45, 7) is 1.61. The van der Waals surface area contributed by atoms with Gasteiger partial charge in [-0.1, -0.05) is 18.2 Å². The van der Waals surface area contributed by atoms with Crippen LogP contribution < -0.4 is 5.32 Å². The molecule has 1 aromatic carbocycles. The Morgan fingerprint density at radius 3 is 2.94 bits per heavy atom. The lowest BCUT2D eigenvalue weighted by Crippen LogP contribution is -2.30. The zero-order chi connectivity index (χ0) is 11.5. The molecule has 4 heteroatoms. The molecule has 80 valence electrons. The van der Waals surface area contributed by atoms with Crippen LogP contribution in [0.5, 0.6) is 0 Å². The van der Waals surface area contributed by atoms with Gasteiger partial charge in [0.25, 0.3) is 5.91 Å². The Morgan fingerprint density at radius 1 is 1.50 bits per heavy atom. The normalized spacial score (nSPS) is 12.0. The molecule has 1 N–H and O–H groups in total. The van der Waals surface area contributed by atoms with Crippen molar-refractivity contribution in [2.24, 2.45) is 0 Å². The Hall–Kier alpha value is -2.28. The number of amides is 1. The molecule has 1 unspecified atom stereocenters. The molecular formula is C12H10N2O2. The van der Waals surface area contributed by atoms with Crippen LogP contribution in [0.4, 0.5) is 0 Å². The van der Waals surface area contributed by atoms with E-state index in [-0.39, 0.29) is 11.7 Å². The maximum Gasteiger partial charge on any atom is 0.288 e. The van der Waals surface area contributed by atoms with Gasteiger partial charge < -0.3 is 9.73 Å². The molecule has 1 atom stereocenters. The number of nitrogens with zero attached hydrogens (tertiary/aromatic N) is 1. The summed E-state index contributed by atoms with van der Waals surface area (Å²) in [6, 6.07) is 10.4. The number of rotatable bonds is 2. The molecule has 0 saturated heterocycles. The fourth-order valence-corrected chi connectivity index (χ4v) is 1.39. The summed E-state index contributed by atoms with van der Waals surface area (Å²) in [6.07, 6.45) is 0. The van der Waals surface area contributed by atoms with Crippen LogP contribution in [-0.2, 0) is 0 Å². The summed E-state index contributed by atoms with van der Waals surface area (Å²) < 4.78 is 5.35. The second-order valence-corrected chi connectivity index (χ2v) is 3.47. The van der Waals surface area contributed by atoms with Crippen LogP contribution in [0.15, 0.2) is 34.7 Å². The van der Waals surface area contributed by atoms with Gasteiger partial charge >= 0.3 is 0 Å². The molecule has 0 spiro atoms. The SMILES string of the molecule is CC(C#N)NC(=O)c1cc2ccccc2o1. The molecule has 1 heterocycles. The van der Waals surface area contributed by atoms with Crippen LogP contribution in [-0.4, -0.2) is 11.9 Å². The zero-order valence-corrected chi connectivity index (χ0v) is 8.73. The Balaban J connectivity index is 2.27. The summed E-state index contributed by atoms with van der Waals surface area (Å²) in [5.41, 5.74) is 0.664. The highest BCUT2D eigenvalue weighted by atomic mass is 16.3. The Labute approximate surface area is 92.5 Å². The van der Waals surface area contributed by atoms with Crippen molar-refractivity contribution in [1.82, 2.24) is 5.32 Å². The number of fused-ring (bicyclic) bond motifs is 1. The van der Waals surface area contributed by atoms with E-state index >= 15 is 0 Å². The molecule has 0 aliphatic heterocycles. The molecule has 2 aromatic rings. The maximum absolute atomic E-state index is 11.6. The van der Waals surface area contributed by atoms with E-state index in [0.717, 1.165) is 5.39 Å². The first-order valence-electron chi connectivity index (χ1n) is 4.90. The lowest BCUT2D eigenvalue weighted by molar-refractivity contribution is 0.0922. The molecule has 4 nitrogen and oxygen atoms in total. The van der Waals surface area contributed by atoms with Gasteiger partial charge in [0.15, 0.2) is 5.76 Å². The first-order chi connectivity index (χ1) is 7.70. The zero-order valence-electron chi connectivity index (χ0n) is 8.73. The Morgan fingerprint density at radius 2 is 2.25 bits per heavy atom. The predicted molar refractivity (Wildman–Crippen MR) is 58.8 cm³/mol. The van der Waals surface area contributed by atoms with E-state index in [1.165, 1.54) is 0 Å². The van der Waals surface area contributed by atoms with Crippen LogP contribution >= 0.6 is 0 Å². The van der Waals surface area contributed by atoms with Crippen LogP contribution in [0.25, 0.3) is 11.0 Å². The fourth-order valence-electron chi connectivity index (χ4n) is 1.39. The van der Waals surface area contributed by atoms with Gasteiger partial charge in [0, 0.05) is 5.39 Å². The quantitative estimate of drug-likeness (QED) is 0.832. The topological polar surface area (TPSA) is 66.0 Å². The van der Waals surface area contributed by atoms with Crippen molar-refractivity contribution in [2.45, 2.75) is 13.0 Å². The van der Waals surface area contributed by atoms with E-state index in [1.54, 1.807) is 19.1 Å². The molecule has 1 aromatic heterocycles. The van der Waals surface area contributed by atoms with Crippen molar-refractivity contribution in [3.8, 4) is 6.07 Å². The highest BCUT2D eigenvalue weighted by molar-refractivity contribution is 5.96. The van der Waals surface area contributed by atoms with Gasteiger partial charge in [-0.15, -0.1) is 0 Å². The number of nitrogens with one attached hydrogen (secondary N) is 1. The Bertz CT molecular complexity index is 533. The highest BCUT2D eigenvalue weighted by Gasteiger charge is 2.13. The van der Waals surface area contributed by atoms with E-state index in [0.29, 0.717) is 5.58 Å². The fraction of sp³-hybridized carbons (Fsp3) is 0.167.